The van der Waals surface area contributed by atoms with E-state index in [1.54, 1.807) is 12.1 Å². The van der Waals surface area contributed by atoms with Crippen molar-refractivity contribution in [3.05, 3.63) is 64.1 Å². The molecule has 2 aromatic carbocycles. The average Bonchev–Trinajstić information content (AvgIpc) is 2.50. The second kappa shape index (κ2) is 7.81. The minimum absolute atomic E-state index is 0.0999. The van der Waals surface area contributed by atoms with Gasteiger partial charge in [0.25, 0.3) is 0 Å². The largest absolute Gasteiger partial charge is 0.471 e. The van der Waals surface area contributed by atoms with Gasteiger partial charge in [0.2, 0.25) is 0 Å². The highest BCUT2D eigenvalue weighted by molar-refractivity contribution is 9.10. The number of hydrogen-bond donors (Lipinski definition) is 1. The zero-order chi connectivity index (χ0) is 17.7. The average molecular weight is 401 g/mol. The Morgan fingerprint density at radius 1 is 1.08 bits per heavy atom. The van der Waals surface area contributed by atoms with Crippen LogP contribution in [0.4, 0.5) is 18.9 Å². The van der Waals surface area contributed by atoms with Crippen LogP contribution in [-0.4, -0.2) is 24.0 Å². The van der Waals surface area contributed by atoms with E-state index in [4.69, 9.17) is 0 Å². The van der Waals surface area contributed by atoms with Gasteiger partial charge in [0.15, 0.2) is 0 Å². The quantitative estimate of drug-likeness (QED) is 0.796. The number of benzene rings is 2. The molecule has 0 aliphatic rings. The van der Waals surface area contributed by atoms with Crippen LogP contribution in [-0.2, 0) is 17.9 Å². The number of carbonyl (C=O) groups excluding carboxylic acids is 1. The van der Waals surface area contributed by atoms with Gasteiger partial charge >= 0.3 is 12.1 Å². The lowest BCUT2D eigenvalue weighted by atomic mass is 10.1. The number of alkyl halides is 3. The van der Waals surface area contributed by atoms with Gasteiger partial charge < -0.3 is 5.32 Å². The van der Waals surface area contributed by atoms with Gasteiger partial charge in [-0.2, -0.15) is 13.2 Å². The van der Waals surface area contributed by atoms with Gasteiger partial charge in [-0.15, -0.1) is 0 Å². The van der Waals surface area contributed by atoms with Crippen molar-refractivity contribution in [3.63, 3.8) is 0 Å². The van der Waals surface area contributed by atoms with Crippen molar-refractivity contribution in [2.24, 2.45) is 0 Å². The minimum atomic E-state index is -4.92. The predicted octanol–water partition coefficient (Wildman–Crippen LogP) is 4.58. The Morgan fingerprint density at radius 2 is 1.71 bits per heavy atom. The Kier molecular flexibility index (Phi) is 6.01. The molecule has 7 heteroatoms. The molecule has 0 aliphatic heterocycles. The van der Waals surface area contributed by atoms with E-state index in [1.165, 1.54) is 6.07 Å². The third-order valence-electron chi connectivity index (χ3n) is 3.28. The van der Waals surface area contributed by atoms with Crippen molar-refractivity contribution in [3.8, 4) is 0 Å². The number of hydrogen-bond acceptors (Lipinski definition) is 2. The van der Waals surface area contributed by atoms with Gasteiger partial charge in [0, 0.05) is 17.6 Å². The summed E-state index contributed by atoms with van der Waals surface area (Å²) in [5.41, 5.74) is 2.04. The van der Waals surface area contributed by atoms with Crippen molar-refractivity contribution >= 4 is 27.5 Å². The summed E-state index contributed by atoms with van der Waals surface area (Å²) in [6.07, 6.45) is -4.92. The van der Waals surface area contributed by atoms with E-state index in [2.05, 4.69) is 15.9 Å². The second-order valence-corrected chi connectivity index (χ2v) is 6.28. The molecular formula is C17H16BrF3N2O. The number of nitrogens with one attached hydrogen (secondary N) is 1. The molecule has 1 N–H and O–H groups in total. The zero-order valence-corrected chi connectivity index (χ0v) is 14.5. The number of carbonyl (C=O) groups is 1. The lowest BCUT2D eigenvalue weighted by Crippen LogP contribution is -2.30. The van der Waals surface area contributed by atoms with Crippen molar-refractivity contribution in [1.82, 2.24) is 4.90 Å². The van der Waals surface area contributed by atoms with Crippen molar-refractivity contribution in [2.45, 2.75) is 19.3 Å². The van der Waals surface area contributed by atoms with Gasteiger partial charge in [-0.1, -0.05) is 36.4 Å². The van der Waals surface area contributed by atoms with E-state index < -0.39 is 12.1 Å². The first kappa shape index (κ1) is 18.5. The highest BCUT2D eigenvalue weighted by Gasteiger charge is 2.38. The summed E-state index contributed by atoms with van der Waals surface area (Å²) in [5.74, 6) is -1.99. The SMILES string of the molecule is CN(Cc1ccccc1)Cc1ccc(Br)c(NC(=O)C(F)(F)F)c1. The van der Waals surface area contributed by atoms with Gasteiger partial charge in [0.1, 0.15) is 0 Å². The predicted molar refractivity (Wildman–Crippen MR) is 90.4 cm³/mol. The molecular weight excluding hydrogens is 385 g/mol. The summed E-state index contributed by atoms with van der Waals surface area (Å²) in [7, 11) is 1.92. The molecule has 0 aliphatic carbocycles. The maximum Gasteiger partial charge on any atom is 0.471 e. The highest BCUT2D eigenvalue weighted by atomic mass is 79.9. The van der Waals surface area contributed by atoms with E-state index >= 15 is 0 Å². The number of anilines is 1. The lowest BCUT2D eigenvalue weighted by molar-refractivity contribution is -0.167. The third kappa shape index (κ3) is 5.35. The Balaban J connectivity index is 2.06. The molecule has 0 saturated heterocycles. The summed E-state index contributed by atoms with van der Waals surface area (Å²) in [5, 5.41) is 1.88. The van der Waals surface area contributed by atoms with E-state index in [9.17, 15) is 18.0 Å². The first-order valence-corrected chi connectivity index (χ1v) is 7.94. The van der Waals surface area contributed by atoms with Crippen LogP contribution in [0.1, 0.15) is 11.1 Å². The fraction of sp³-hybridized carbons (Fsp3) is 0.235. The maximum atomic E-state index is 12.4. The molecule has 24 heavy (non-hydrogen) atoms. The molecule has 0 bridgehead atoms. The smallest absolute Gasteiger partial charge is 0.317 e. The summed E-state index contributed by atoms with van der Waals surface area (Å²) < 4.78 is 37.5. The van der Waals surface area contributed by atoms with Gasteiger partial charge in [0.05, 0.1) is 5.69 Å². The van der Waals surface area contributed by atoms with Crippen molar-refractivity contribution in [1.29, 1.82) is 0 Å². The van der Waals surface area contributed by atoms with E-state index in [1.807, 2.05) is 47.6 Å². The second-order valence-electron chi connectivity index (χ2n) is 5.42. The van der Waals surface area contributed by atoms with Crippen molar-refractivity contribution < 1.29 is 18.0 Å². The Labute approximate surface area is 146 Å². The first-order valence-electron chi connectivity index (χ1n) is 7.15. The van der Waals surface area contributed by atoms with Crippen LogP contribution in [0.25, 0.3) is 0 Å². The molecule has 0 heterocycles. The van der Waals surface area contributed by atoms with Crippen molar-refractivity contribution in [2.75, 3.05) is 12.4 Å². The number of nitrogens with zero attached hydrogens (tertiary/aromatic N) is 1. The first-order chi connectivity index (χ1) is 11.3. The fourth-order valence-electron chi connectivity index (χ4n) is 2.22. The molecule has 128 valence electrons. The van der Waals surface area contributed by atoms with E-state index in [0.29, 0.717) is 17.6 Å². The molecule has 0 spiro atoms. The summed E-state index contributed by atoms with van der Waals surface area (Å²) in [4.78, 5) is 13.1. The minimum Gasteiger partial charge on any atom is -0.317 e. The Bertz CT molecular complexity index is 705. The standard InChI is InChI=1S/C17H16BrF3N2O/c1-23(10-12-5-3-2-4-6-12)11-13-7-8-14(18)15(9-13)22-16(24)17(19,20)21/h2-9H,10-11H2,1H3,(H,22,24). The van der Waals surface area contributed by atoms with Gasteiger partial charge in [-0.05, 0) is 46.2 Å². The molecule has 3 nitrogen and oxygen atoms in total. The highest BCUT2D eigenvalue weighted by Crippen LogP contribution is 2.26. The van der Waals surface area contributed by atoms with E-state index in [0.717, 1.165) is 11.1 Å². The lowest BCUT2D eigenvalue weighted by Gasteiger charge is -2.18. The molecule has 0 saturated carbocycles. The summed E-state index contributed by atoms with van der Waals surface area (Å²) in [6, 6.07) is 14.8. The van der Waals surface area contributed by atoms with Gasteiger partial charge in [-0.3, -0.25) is 9.69 Å². The molecule has 0 radical (unpaired) electrons. The molecule has 2 aromatic rings. The zero-order valence-electron chi connectivity index (χ0n) is 12.9. The maximum absolute atomic E-state index is 12.4. The molecule has 0 fully saturated rings. The number of rotatable bonds is 5. The van der Waals surface area contributed by atoms with Crippen LogP contribution in [0.15, 0.2) is 53.0 Å². The topological polar surface area (TPSA) is 32.3 Å². The van der Waals surface area contributed by atoms with Gasteiger partial charge in [-0.25, -0.2) is 0 Å². The van der Waals surface area contributed by atoms with Crippen LogP contribution < -0.4 is 5.32 Å². The summed E-state index contributed by atoms with van der Waals surface area (Å²) in [6.45, 7) is 1.25. The fourth-order valence-corrected chi connectivity index (χ4v) is 2.57. The summed E-state index contributed by atoms with van der Waals surface area (Å²) >= 11 is 3.15. The van der Waals surface area contributed by atoms with Crippen LogP contribution in [0.2, 0.25) is 0 Å². The molecule has 0 aromatic heterocycles. The van der Waals surface area contributed by atoms with E-state index in [-0.39, 0.29) is 5.69 Å². The third-order valence-corrected chi connectivity index (χ3v) is 3.98. The Morgan fingerprint density at radius 3 is 2.33 bits per heavy atom. The van der Waals surface area contributed by atoms with Crippen LogP contribution in [0.3, 0.4) is 0 Å². The molecule has 1 amide bonds. The normalized spacial score (nSPS) is 11.6. The Hall–Kier alpha value is -1.86. The molecule has 2 rings (SSSR count). The molecule has 0 atom stereocenters. The monoisotopic (exact) mass is 400 g/mol. The number of halogens is 4. The number of amides is 1. The van der Waals surface area contributed by atoms with Crippen LogP contribution >= 0.6 is 15.9 Å². The van der Waals surface area contributed by atoms with Crippen LogP contribution in [0, 0.1) is 0 Å². The van der Waals surface area contributed by atoms with Crippen LogP contribution in [0.5, 0.6) is 0 Å². The molecule has 0 unspecified atom stereocenters.